The Kier molecular flexibility index (Phi) is 4.95. The van der Waals surface area contributed by atoms with E-state index in [0.29, 0.717) is 0 Å². The monoisotopic (exact) mass is 334 g/mol. The Bertz CT molecular complexity index is 598. The molecule has 1 heterocycles. The van der Waals surface area contributed by atoms with E-state index in [0.717, 1.165) is 40.2 Å². The fourth-order valence-corrected chi connectivity index (χ4v) is 2.43. The van der Waals surface area contributed by atoms with Crippen molar-refractivity contribution in [3.05, 3.63) is 40.1 Å². The van der Waals surface area contributed by atoms with E-state index in [4.69, 9.17) is 0 Å². The van der Waals surface area contributed by atoms with E-state index in [1.54, 1.807) is 6.33 Å². The molecule has 0 radical (unpaired) electrons. The highest BCUT2D eigenvalue weighted by Gasteiger charge is 2.11. The normalized spacial score (nSPS) is 10.4. The molecule has 106 valence electrons. The minimum Gasteiger partial charge on any atom is -0.373 e. The first-order valence-electron chi connectivity index (χ1n) is 6.70. The number of hydrogen-bond acceptors (Lipinski definition) is 4. The van der Waals surface area contributed by atoms with Gasteiger partial charge in [-0.1, -0.05) is 19.4 Å². The van der Waals surface area contributed by atoms with Crippen LogP contribution >= 0.6 is 15.9 Å². The molecule has 0 unspecified atom stereocenters. The Hall–Kier alpha value is -1.62. The van der Waals surface area contributed by atoms with Crippen LogP contribution in [-0.4, -0.2) is 17.0 Å². The van der Waals surface area contributed by atoms with E-state index in [1.807, 2.05) is 13.1 Å². The molecule has 2 rings (SSSR count). The zero-order chi connectivity index (χ0) is 14.5. The number of anilines is 3. The molecule has 20 heavy (non-hydrogen) atoms. The molecule has 1 aromatic heterocycles. The Morgan fingerprint density at radius 2 is 1.95 bits per heavy atom. The van der Waals surface area contributed by atoms with Crippen molar-refractivity contribution in [1.82, 2.24) is 9.97 Å². The molecule has 1 aromatic carbocycles. The fourth-order valence-electron chi connectivity index (χ4n) is 2.08. The van der Waals surface area contributed by atoms with Gasteiger partial charge in [0.1, 0.15) is 18.0 Å². The molecule has 2 N–H and O–H groups in total. The molecule has 0 aliphatic carbocycles. The summed E-state index contributed by atoms with van der Waals surface area (Å²) in [4.78, 5) is 8.67. The van der Waals surface area contributed by atoms with E-state index in [9.17, 15) is 0 Å². The standard InChI is InChI=1S/C15H19BrN4/c1-4-5-11-14(17-3)18-9-19-15(11)20-13-8-10(2)6-7-12(13)16/h6-9H,4-5H2,1-3H3,(H2,17,18,19,20). The van der Waals surface area contributed by atoms with E-state index in [1.165, 1.54) is 5.56 Å². The molecule has 0 amide bonds. The van der Waals surface area contributed by atoms with Gasteiger partial charge in [0.15, 0.2) is 0 Å². The van der Waals surface area contributed by atoms with Gasteiger partial charge < -0.3 is 10.6 Å². The zero-order valence-corrected chi connectivity index (χ0v) is 13.6. The average molecular weight is 335 g/mol. The molecule has 0 saturated heterocycles. The van der Waals surface area contributed by atoms with E-state index >= 15 is 0 Å². The molecule has 0 saturated carbocycles. The van der Waals surface area contributed by atoms with Crippen molar-refractivity contribution in [2.75, 3.05) is 17.7 Å². The van der Waals surface area contributed by atoms with Crippen molar-refractivity contribution in [2.24, 2.45) is 0 Å². The SMILES string of the molecule is CCCc1c(NC)ncnc1Nc1cc(C)ccc1Br. The third kappa shape index (κ3) is 3.28. The van der Waals surface area contributed by atoms with Crippen LogP contribution in [0.3, 0.4) is 0 Å². The lowest BCUT2D eigenvalue weighted by molar-refractivity contribution is 0.905. The number of aromatic nitrogens is 2. The number of nitrogens with zero attached hydrogens (tertiary/aromatic N) is 2. The van der Waals surface area contributed by atoms with Crippen molar-refractivity contribution >= 4 is 33.3 Å². The van der Waals surface area contributed by atoms with Gasteiger partial charge in [0.25, 0.3) is 0 Å². The van der Waals surface area contributed by atoms with Crippen LogP contribution in [0, 0.1) is 6.92 Å². The Labute approximate surface area is 128 Å². The summed E-state index contributed by atoms with van der Waals surface area (Å²) in [6.45, 7) is 4.22. The van der Waals surface area contributed by atoms with Gasteiger partial charge >= 0.3 is 0 Å². The van der Waals surface area contributed by atoms with E-state index < -0.39 is 0 Å². The molecule has 0 bridgehead atoms. The maximum absolute atomic E-state index is 4.39. The molecule has 0 aliphatic heterocycles. The van der Waals surface area contributed by atoms with Gasteiger partial charge in [-0.3, -0.25) is 0 Å². The average Bonchev–Trinajstić information content (AvgIpc) is 2.45. The summed E-state index contributed by atoms with van der Waals surface area (Å²) in [5.41, 5.74) is 3.34. The number of aryl methyl sites for hydroxylation is 1. The smallest absolute Gasteiger partial charge is 0.139 e. The van der Waals surface area contributed by atoms with Gasteiger partial charge in [0.2, 0.25) is 0 Å². The quantitative estimate of drug-likeness (QED) is 0.856. The summed E-state index contributed by atoms with van der Waals surface area (Å²) < 4.78 is 1.02. The molecular weight excluding hydrogens is 316 g/mol. The van der Waals surface area contributed by atoms with Crippen molar-refractivity contribution < 1.29 is 0 Å². The summed E-state index contributed by atoms with van der Waals surface area (Å²) in [7, 11) is 1.88. The number of halogens is 1. The Morgan fingerprint density at radius 3 is 2.65 bits per heavy atom. The molecule has 0 fully saturated rings. The molecule has 0 spiro atoms. The fraction of sp³-hybridized carbons (Fsp3) is 0.333. The lowest BCUT2D eigenvalue weighted by Crippen LogP contribution is -2.06. The summed E-state index contributed by atoms with van der Waals surface area (Å²) in [6, 6.07) is 6.21. The maximum Gasteiger partial charge on any atom is 0.139 e. The van der Waals surface area contributed by atoms with Gasteiger partial charge in [0.05, 0.1) is 5.69 Å². The van der Waals surface area contributed by atoms with Crippen molar-refractivity contribution in [1.29, 1.82) is 0 Å². The third-order valence-electron chi connectivity index (χ3n) is 3.06. The predicted octanol–water partition coefficient (Wildman–Crippen LogP) is 4.29. The molecule has 4 nitrogen and oxygen atoms in total. The van der Waals surface area contributed by atoms with Crippen LogP contribution in [0.25, 0.3) is 0 Å². The second kappa shape index (κ2) is 6.70. The second-order valence-electron chi connectivity index (χ2n) is 4.66. The van der Waals surface area contributed by atoms with Gasteiger partial charge in [-0.05, 0) is 47.0 Å². The van der Waals surface area contributed by atoms with Crippen LogP contribution in [0.5, 0.6) is 0 Å². The number of nitrogens with one attached hydrogen (secondary N) is 2. The summed E-state index contributed by atoms with van der Waals surface area (Å²) in [5, 5.41) is 6.53. The summed E-state index contributed by atoms with van der Waals surface area (Å²) in [6.07, 6.45) is 3.56. The van der Waals surface area contributed by atoms with Crippen molar-refractivity contribution in [3.8, 4) is 0 Å². The lowest BCUT2D eigenvalue weighted by Gasteiger charge is -2.15. The Morgan fingerprint density at radius 1 is 1.20 bits per heavy atom. The molecule has 0 aliphatic rings. The number of rotatable bonds is 5. The van der Waals surface area contributed by atoms with Crippen molar-refractivity contribution in [3.63, 3.8) is 0 Å². The van der Waals surface area contributed by atoms with Crippen LogP contribution in [0.2, 0.25) is 0 Å². The predicted molar refractivity (Wildman–Crippen MR) is 87.7 cm³/mol. The van der Waals surface area contributed by atoms with Crippen LogP contribution in [-0.2, 0) is 6.42 Å². The highest BCUT2D eigenvalue weighted by atomic mass is 79.9. The third-order valence-corrected chi connectivity index (χ3v) is 3.75. The second-order valence-corrected chi connectivity index (χ2v) is 5.51. The van der Waals surface area contributed by atoms with Crippen LogP contribution < -0.4 is 10.6 Å². The highest BCUT2D eigenvalue weighted by molar-refractivity contribution is 9.10. The van der Waals surface area contributed by atoms with Crippen LogP contribution in [0.1, 0.15) is 24.5 Å². The minimum atomic E-state index is 0.859. The van der Waals surface area contributed by atoms with E-state index in [-0.39, 0.29) is 0 Å². The topological polar surface area (TPSA) is 49.8 Å². The minimum absolute atomic E-state index is 0.859. The molecule has 0 atom stereocenters. The number of benzene rings is 1. The van der Waals surface area contributed by atoms with Gasteiger partial charge in [-0.25, -0.2) is 9.97 Å². The van der Waals surface area contributed by atoms with E-state index in [2.05, 4.69) is 62.5 Å². The first kappa shape index (κ1) is 14.8. The number of hydrogen-bond donors (Lipinski definition) is 2. The molecule has 5 heteroatoms. The van der Waals surface area contributed by atoms with Gasteiger partial charge in [-0.15, -0.1) is 0 Å². The first-order chi connectivity index (χ1) is 9.65. The van der Waals surface area contributed by atoms with Gasteiger partial charge in [0, 0.05) is 17.1 Å². The van der Waals surface area contributed by atoms with Crippen molar-refractivity contribution in [2.45, 2.75) is 26.7 Å². The largest absolute Gasteiger partial charge is 0.373 e. The zero-order valence-electron chi connectivity index (χ0n) is 12.0. The summed E-state index contributed by atoms with van der Waals surface area (Å²) >= 11 is 3.57. The maximum atomic E-state index is 4.39. The first-order valence-corrected chi connectivity index (χ1v) is 7.49. The van der Waals surface area contributed by atoms with Gasteiger partial charge in [-0.2, -0.15) is 0 Å². The van der Waals surface area contributed by atoms with Crippen LogP contribution in [0.15, 0.2) is 29.0 Å². The Balaban J connectivity index is 2.39. The summed E-state index contributed by atoms with van der Waals surface area (Å²) in [5.74, 6) is 1.74. The molecular formula is C15H19BrN4. The highest BCUT2D eigenvalue weighted by Crippen LogP contribution is 2.29. The lowest BCUT2D eigenvalue weighted by atomic mass is 10.1. The van der Waals surface area contributed by atoms with Crippen LogP contribution in [0.4, 0.5) is 17.3 Å². The molecule has 2 aromatic rings.